The van der Waals surface area contributed by atoms with Crippen LogP contribution in [0.25, 0.3) is 0 Å². The van der Waals surface area contributed by atoms with E-state index in [1.807, 2.05) is 30.0 Å². The predicted octanol–water partition coefficient (Wildman–Crippen LogP) is 4.29. The first-order valence-corrected chi connectivity index (χ1v) is 12.1. The molecule has 1 aliphatic carbocycles. The fourth-order valence-corrected chi connectivity index (χ4v) is 5.59. The van der Waals surface area contributed by atoms with Crippen LogP contribution in [0.2, 0.25) is 0 Å². The zero-order valence-electron chi connectivity index (χ0n) is 17.7. The van der Waals surface area contributed by atoms with Gasteiger partial charge in [0, 0.05) is 35.8 Å². The predicted molar refractivity (Wildman–Crippen MR) is 121 cm³/mol. The van der Waals surface area contributed by atoms with Gasteiger partial charge in [-0.25, -0.2) is 4.98 Å². The molecule has 0 saturated heterocycles. The van der Waals surface area contributed by atoms with Gasteiger partial charge in [-0.1, -0.05) is 31.0 Å². The maximum absolute atomic E-state index is 13.4. The van der Waals surface area contributed by atoms with Crippen molar-refractivity contribution in [3.05, 3.63) is 45.9 Å². The maximum atomic E-state index is 13.4. The number of para-hydroxylation sites is 1. The highest BCUT2D eigenvalue weighted by Crippen LogP contribution is 2.35. The van der Waals surface area contributed by atoms with E-state index < -0.39 is 0 Å². The average Bonchev–Trinajstić information content (AvgIpc) is 3.39. The molecule has 1 aromatic carbocycles. The number of benzene rings is 1. The van der Waals surface area contributed by atoms with E-state index in [9.17, 15) is 9.59 Å². The van der Waals surface area contributed by atoms with Crippen molar-refractivity contribution in [2.75, 3.05) is 18.0 Å². The number of fused-ring (bicyclic) bond motifs is 1. The standard InChI is InChI=1S/C24H31N3O2S/c1-17-16-30-22(26-17)12-6-7-14-25-23(28)19-9-3-4-10-20(19)24(29)27-15-13-18-8-2-5-11-21(18)27/h2,5,8,11,16,19-20H,3-4,6-7,9-10,12-15H2,1H3,(H,25,28). The van der Waals surface area contributed by atoms with Crippen LogP contribution >= 0.6 is 11.3 Å². The van der Waals surface area contributed by atoms with E-state index in [1.165, 1.54) is 10.6 Å². The molecule has 2 heterocycles. The Balaban J connectivity index is 1.29. The van der Waals surface area contributed by atoms with E-state index in [0.29, 0.717) is 6.54 Å². The van der Waals surface area contributed by atoms with Crippen LogP contribution in [0.4, 0.5) is 5.69 Å². The lowest BCUT2D eigenvalue weighted by molar-refractivity contribution is -0.135. The Bertz CT molecular complexity index is 894. The van der Waals surface area contributed by atoms with Crippen LogP contribution in [0.3, 0.4) is 0 Å². The summed E-state index contributed by atoms with van der Waals surface area (Å²) < 4.78 is 0. The number of carbonyl (C=O) groups excluding carboxylic acids is 2. The molecule has 160 valence electrons. The molecular formula is C24H31N3O2S. The van der Waals surface area contributed by atoms with Crippen molar-refractivity contribution in [1.82, 2.24) is 10.3 Å². The van der Waals surface area contributed by atoms with E-state index >= 15 is 0 Å². The maximum Gasteiger partial charge on any atom is 0.230 e. The summed E-state index contributed by atoms with van der Waals surface area (Å²) in [4.78, 5) is 32.7. The number of rotatable bonds is 7. The second-order valence-electron chi connectivity index (χ2n) is 8.50. The van der Waals surface area contributed by atoms with Crippen molar-refractivity contribution in [1.29, 1.82) is 0 Å². The number of nitrogens with zero attached hydrogens (tertiary/aromatic N) is 2. The number of thiazole rings is 1. The summed E-state index contributed by atoms with van der Waals surface area (Å²) >= 11 is 1.71. The van der Waals surface area contributed by atoms with Crippen molar-refractivity contribution in [3.63, 3.8) is 0 Å². The molecule has 1 aromatic heterocycles. The van der Waals surface area contributed by atoms with Gasteiger partial charge in [0.2, 0.25) is 11.8 Å². The van der Waals surface area contributed by atoms with Crippen molar-refractivity contribution >= 4 is 28.8 Å². The molecule has 0 radical (unpaired) electrons. The Hall–Kier alpha value is -2.21. The van der Waals surface area contributed by atoms with Crippen molar-refractivity contribution in [2.45, 2.75) is 58.3 Å². The Morgan fingerprint density at radius 1 is 1.17 bits per heavy atom. The molecule has 1 fully saturated rings. The number of anilines is 1. The molecule has 1 aliphatic heterocycles. The monoisotopic (exact) mass is 425 g/mol. The number of carbonyl (C=O) groups is 2. The van der Waals surface area contributed by atoms with Crippen LogP contribution < -0.4 is 10.2 Å². The summed E-state index contributed by atoms with van der Waals surface area (Å²) in [5.74, 6) is -0.187. The van der Waals surface area contributed by atoms with Gasteiger partial charge in [0.15, 0.2) is 0 Å². The molecule has 0 bridgehead atoms. The minimum atomic E-state index is -0.194. The second-order valence-corrected chi connectivity index (χ2v) is 9.44. The third kappa shape index (κ3) is 4.75. The van der Waals surface area contributed by atoms with E-state index in [2.05, 4.69) is 21.7 Å². The van der Waals surface area contributed by atoms with Gasteiger partial charge in [0.05, 0.1) is 10.9 Å². The fourth-order valence-electron chi connectivity index (χ4n) is 4.77. The van der Waals surface area contributed by atoms with Crippen LogP contribution in [0.5, 0.6) is 0 Å². The largest absolute Gasteiger partial charge is 0.356 e. The highest BCUT2D eigenvalue weighted by molar-refractivity contribution is 7.09. The quantitative estimate of drug-likeness (QED) is 0.673. The third-order valence-electron chi connectivity index (χ3n) is 6.36. The highest BCUT2D eigenvalue weighted by atomic mass is 32.1. The summed E-state index contributed by atoms with van der Waals surface area (Å²) in [7, 11) is 0. The summed E-state index contributed by atoms with van der Waals surface area (Å²) in [6.45, 7) is 3.43. The van der Waals surface area contributed by atoms with E-state index in [0.717, 1.165) is 69.3 Å². The first-order valence-electron chi connectivity index (χ1n) is 11.2. The molecule has 2 unspecified atom stereocenters. The number of hydrogen-bond acceptors (Lipinski definition) is 4. The number of unbranched alkanes of at least 4 members (excludes halogenated alkanes) is 1. The van der Waals surface area contributed by atoms with Gasteiger partial charge in [0.25, 0.3) is 0 Å². The van der Waals surface area contributed by atoms with Gasteiger partial charge in [0.1, 0.15) is 0 Å². The van der Waals surface area contributed by atoms with Crippen molar-refractivity contribution in [2.24, 2.45) is 11.8 Å². The SMILES string of the molecule is Cc1csc(CCCCNC(=O)C2CCCCC2C(=O)N2CCc3ccccc32)n1. The van der Waals surface area contributed by atoms with Crippen LogP contribution in [-0.4, -0.2) is 29.9 Å². The summed E-state index contributed by atoms with van der Waals surface area (Å²) in [6, 6.07) is 8.14. The van der Waals surface area contributed by atoms with Gasteiger partial charge in [-0.15, -0.1) is 11.3 Å². The minimum Gasteiger partial charge on any atom is -0.356 e. The topological polar surface area (TPSA) is 62.3 Å². The number of aryl methyl sites for hydroxylation is 2. The lowest BCUT2D eigenvalue weighted by Gasteiger charge is -2.32. The first-order chi connectivity index (χ1) is 14.6. The fraction of sp³-hybridized carbons (Fsp3) is 0.542. The molecule has 30 heavy (non-hydrogen) atoms. The third-order valence-corrected chi connectivity index (χ3v) is 7.38. The molecule has 1 saturated carbocycles. The lowest BCUT2D eigenvalue weighted by Crippen LogP contribution is -2.45. The van der Waals surface area contributed by atoms with Crippen molar-refractivity contribution < 1.29 is 9.59 Å². The molecule has 2 aromatic rings. The average molecular weight is 426 g/mol. The summed E-state index contributed by atoms with van der Waals surface area (Å²) in [6.07, 6.45) is 7.53. The van der Waals surface area contributed by atoms with E-state index in [4.69, 9.17) is 0 Å². The van der Waals surface area contributed by atoms with Gasteiger partial charge < -0.3 is 10.2 Å². The van der Waals surface area contributed by atoms with Crippen LogP contribution in [0.1, 0.15) is 54.8 Å². The number of aromatic nitrogens is 1. The highest BCUT2D eigenvalue weighted by Gasteiger charge is 2.39. The Morgan fingerprint density at radius 3 is 2.77 bits per heavy atom. The van der Waals surface area contributed by atoms with Gasteiger partial charge in [-0.2, -0.15) is 0 Å². The molecule has 2 amide bonds. The number of amides is 2. The summed E-state index contributed by atoms with van der Waals surface area (Å²) in [5.41, 5.74) is 3.35. The second kappa shape index (κ2) is 9.73. The molecule has 5 nitrogen and oxygen atoms in total. The van der Waals surface area contributed by atoms with Gasteiger partial charge in [-0.05, 0) is 57.1 Å². The van der Waals surface area contributed by atoms with Crippen LogP contribution in [0, 0.1) is 18.8 Å². The lowest BCUT2D eigenvalue weighted by atomic mass is 9.77. The van der Waals surface area contributed by atoms with Crippen LogP contribution in [-0.2, 0) is 22.4 Å². The zero-order valence-corrected chi connectivity index (χ0v) is 18.5. The normalized spacial score (nSPS) is 20.8. The molecule has 6 heteroatoms. The first kappa shape index (κ1) is 21.0. The summed E-state index contributed by atoms with van der Waals surface area (Å²) in [5, 5.41) is 6.36. The van der Waals surface area contributed by atoms with Gasteiger partial charge >= 0.3 is 0 Å². The smallest absolute Gasteiger partial charge is 0.230 e. The van der Waals surface area contributed by atoms with Gasteiger partial charge in [-0.3, -0.25) is 9.59 Å². The molecule has 0 spiro atoms. The molecule has 2 aliphatic rings. The molecule has 4 rings (SSSR count). The molecular weight excluding hydrogens is 394 g/mol. The zero-order chi connectivity index (χ0) is 20.9. The Labute approximate surface area is 182 Å². The van der Waals surface area contributed by atoms with Crippen LogP contribution in [0.15, 0.2) is 29.6 Å². The number of nitrogens with one attached hydrogen (secondary N) is 1. The minimum absolute atomic E-state index is 0.0608. The van der Waals surface area contributed by atoms with Crippen molar-refractivity contribution in [3.8, 4) is 0 Å². The van der Waals surface area contributed by atoms with E-state index in [-0.39, 0.29) is 23.7 Å². The van der Waals surface area contributed by atoms with E-state index in [1.54, 1.807) is 11.3 Å². The Morgan fingerprint density at radius 2 is 1.97 bits per heavy atom. The molecule has 2 atom stereocenters. The molecule has 1 N–H and O–H groups in total. The number of hydrogen-bond donors (Lipinski definition) is 1. The Kier molecular flexibility index (Phi) is 6.82.